The van der Waals surface area contributed by atoms with E-state index in [1.807, 2.05) is 0 Å². The first-order chi connectivity index (χ1) is 9.43. The highest BCUT2D eigenvalue weighted by molar-refractivity contribution is 5.85. The smallest absolute Gasteiger partial charge is 0.326 e. The van der Waals surface area contributed by atoms with Gasteiger partial charge in [-0.1, -0.05) is 5.10 Å². The molecule has 1 aromatic heterocycles. The summed E-state index contributed by atoms with van der Waals surface area (Å²) in [5, 5.41) is 17.5. The molecule has 0 spiro atoms. The molecule has 0 saturated heterocycles. The third-order valence-corrected chi connectivity index (χ3v) is 1.91. The van der Waals surface area contributed by atoms with E-state index in [9.17, 15) is 14.9 Å². The summed E-state index contributed by atoms with van der Waals surface area (Å²) in [7, 11) is 0. The number of halogens is 1. The van der Waals surface area contributed by atoms with Crippen LogP contribution in [0.3, 0.4) is 0 Å². The van der Waals surface area contributed by atoms with Gasteiger partial charge in [-0.15, -0.1) is 17.5 Å². The number of nitro groups is 1. The minimum absolute atomic E-state index is 0. The van der Waals surface area contributed by atoms with Crippen LogP contribution in [0.15, 0.2) is 28.7 Å². The van der Waals surface area contributed by atoms with Crippen LogP contribution in [0.25, 0.3) is 11.5 Å². The lowest BCUT2D eigenvalue weighted by Crippen LogP contribution is -2.34. The Morgan fingerprint density at radius 2 is 1.81 bits per heavy atom. The van der Waals surface area contributed by atoms with E-state index in [4.69, 9.17) is 10.2 Å². The molecule has 0 radical (unpaired) electrons. The minimum atomic E-state index is -0.718. The number of non-ortho nitro benzene ring substituents is 1. The van der Waals surface area contributed by atoms with Crippen LogP contribution in [0.2, 0.25) is 0 Å². The zero-order chi connectivity index (χ0) is 15.1. The van der Waals surface area contributed by atoms with E-state index in [1.165, 1.54) is 24.3 Å². The van der Waals surface area contributed by atoms with Crippen molar-refractivity contribution in [3.63, 3.8) is 0 Å². The van der Waals surface area contributed by atoms with E-state index in [1.54, 1.807) is 5.43 Å². The van der Waals surface area contributed by atoms with Crippen molar-refractivity contribution in [2.45, 2.75) is 0 Å². The number of nitro benzene ring substituents is 1. The maximum Gasteiger partial charge on any atom is 0.326 e. The van der Waals surface area contributed by atoms with Crippen molar-refractivity contribution in [1.29, 1.82) is 0 Å². The number of rotatable bonds is 2. The molecule has 0 atom stereocenters. The molecule has 114 valence electrons. The fraction of sp³-hybridized carbons (Fsp3) is 0. The van der Waals surface area contributed by atoms with E-state index in [2.05, 4.69) is 21.8 Å². The number of aromatic nitrogens is 2. The Hall–Kier alpha value is -2.92. The summed E-state index contributed by atoms with van der Waals surface area (Å²) in [5.41, 5.74) is 11.9. The quantitative estimate of drug-likeness (QED) is 0.261. The molecule has 0 unspecified atom stereocenters. The van der Waals surface area contributed by atoms with E-state index < -0.39 is 11.0 Å². The molecule has 2 amide bonds. The number of anilines is 1. The highest BCUT2D eigenvalue weighted by atomic mass is 35.5. The average molecular weight is 318 g/mol. The third-order valence-electron chi connectivity index (χ3n) is 1.91. The number of carbonyl (C=O) groups excluding carboxylic acids is 1. The number of carbonyl (C=O) groups is 1. The molecule has 2 rings (SSSR count). The molecule has 0 saturated carbocycles. The van der Waals surface area contributed by atoms with Crippen LogP contribution < -0.4 is 22.7 Å². The molecule has 0 fully saturated rings. The Morgan fingerprint density at radius 3 is 2.14 bits per heavy atom. The lowest BCUT2D eigenvalue weighted by atomic mass is 10.2. The van der Waals surface area contributed by atoms with Gasteiger partial charge in [-0.2, -0.15) is 0 Å². The van der Waals surface area contributed by atoms with Crippen molar-refractivity contribution in [3.8, 4) is 11.5 Å². The standard InChI is InChI=1S/C8H6N4O3.CH5N3O.ClH/c9-8-11-10-7(15-8)5-1-3-6(4-2-5)12(13)14;2-1(5)4-3;/h1-4H,(H2,9,11);3H2,(H3,2,4,5);1H. The highest BCUT2D eigenvalue weighted by Crippen LogP contribution is 2.21. The van der Waals surface area contributed by atoms with Gasteiger partial charge in [-0.3, -0.25) is 15.5 Å². The van der Waals surface area contributed by atoms with Crippen molar-refractivity contribution < 1.29 is 14.1 Å². The van der Waals surface area contributed by atoms with Crippen molar-refractivity contribution >= 4 is 30.1 Å². The van der Waals surface area contributed by atoms with Crippen LogP contribution in [-0.2, 0) is 0 Å². The molecule has 1 heterocycles. The molecule has 1 aromatic carbocycles. The monoisotopic (exact) mass is 317 g/mol. The van der Waals surface area contributed by atoms with Crippen molar-refractivity contribution in [2.75, 3.05) is 5.73 Å². The number of benzene rings is 1. The number of hydrogen-bond acceptors (Lipinski definition) is 8. The summed E-state index contributed by atoms with van der Waals surface area (Å²) < 4.78 is 4.96. The van der Waals surface area contributed by atoms with Crippen LogP contribution >= 0.6 is 12.4 Å². The maximum absolute atomic E-state index is 10.4. The largest absolute Gasteiger partial charge is 0.404 e. The van der Waals surface area contributed by atoms with Crippen LogP contribution in [0, 0.1) is 10.1 Å². The normalized spacial score (nSPS) is 8.81. The number of primary amides is 1. The van der Waals surface area contributed by atoms with Crippen LogP contribution in [0.1, 0.15) is 0 Å². The van der Waals surface area contributed by atoms with Gasteiger partial charge in [0.05, 0.1) is 4.92 Å². The van der Waals surface area contributed by atoms with Crippen LogP contribution in [0.5, 0.6) is 0 Å². The summed E-state index contributed by atoms with van der Waals surface area (Å²) in [6.45, 7) is 0. The van der Waals surface area contributed by atoms with Gasteiger partial charge in [-0.05, 0) is 12.1 Å². The van der Waals surface area contributed by atoms with Crippen LogP contribution in [0.4, 0.5) is 16.5 Å². The number of hydrogen-bond donors (Lipinski definition) is 4. The minimum Gasteiger partial charge on any atom is -0.404 e. The second-order valence-electron chi connectivity index (χ2n) is 3.26. The second kappa shape index (κ2) is 8.29. The van der Waals surface area contributed by atoms with Gasteiger partial charge >= 0.3 is 12.0 Å². The summed E-state index contributed by atoms with van der Waals surface area (Å²) in [5.74, 6) is 4.69. The van der Waals surface area contributed by atoms with Gasteiger partial charge < -0.3 is 15.9 Å². The Kier molecular flexibility index (Phi) is 7.14. The van der Waals surface area contributed by atoms with E-state index >= 15 is 0 Å². The van der Waals surface area contributed by atoms with Gasteiger partial charge in [0.25, 0.3) is 5.69 Å². The lowest BCUT2D eigenvalue weighted by molar-refractivity contribution is -0.384. The number of urea groups is 1. The van der Waals surface area contributed by atoms with Gasteiger partial charge in [0.2, 0.25) is 5.89 Å². The van der Waals surface area contributed by atoms with Gasteiger partial charge in [0.15, 0.2) is 0 Å². The number of nitrogens with one attached hydrogen (secondary N) is 1. The van der Waals surface area contributed by atoms with Gasteiger partial charge in [-0.25, -0.2) is 10.6 Å². The molecular weight excluding hydrogens is 306 g/mol. The Bertz CT molecular complexity index is 600. The molecule has 11 nitrogen and oxygen atoms in total. The van der Waals surface area contributed by atoms with Crippen molar-refractivity contribution in [3.05, 3.63) is 34.4 Å². The summed E-state index contributed by atoms with van der Waals surface area (Å²) in [6, 6.07) is 5.00. The van der Waals surface area contributed by atoms with E-state index in [0.29, 0.717) is 5.56 Å². The lowest BCUT2D eigenvalue weighted by Gasteiger charge is -1.93. The fourth-order valence-electron chi connectivity index (χ4n) is 1.08. The zero-order valence-electron chi connectivity index (χ0n) is 10.4. The third kappa shape index (κ3) is 5.71. The SMILES string of the molecule is Cl.NNC(N)=O.Nc1nnc(-c2ccc([N+](=O)[O-])cc2)o1. The molecule has 0 bridgehead atoms. The Labute approximate surface area is 124 Å². The molecule has 21 heavy (non-hydrogen) atoms. The number of nitrogens with zero attached hydrogens (tertiary/aromatic N) is 3. The average Bonchev–Trinajstić information content (AvgIpc) is 2.86. The predicted molar refractivity (Wildman–Crippen MR) is 75.0 cm³/mol. The first kappa shape index (κ1) is 18.1. The van der Waals surface area contributed by atoms with Gasteiger partial charge in [0.1, 0.15) is 0 Å². The second-order valence-corrected chi connectivity index (χ2v) is 3.26. The first-order valence-electron chi connectivity index (χ1n) is 5.04. The molecular formula is C9H12ClN7O4. The van der Waals surface area contributed by atoms with E-state index in [-0.39, 0.29) is 30.0 Å². The van der Waals surface area contributed by atoms with E-state index in [0.717, 1.165) is 0 Å². The Balaban J connectivity index is 0.000000583. The Morgan fingerprint density at radius 1 is 1.29 bits per heavy atom. The first-order valence-corrected chi connectivity index (χ1v) is 5.04. The predicted octanol–water partition coefficient (Wildman–Crippen LogP) is 0.177. The van der Waals surface area contributed by atoms with Crippen LogP contribution in [-0.4, -0.2) is 21.2 Å². The fourth-order valence-corrected chi connectivity index (χ4v) is 1.08. The molecule has 7 N–H and O–H groups in total. The summed E-state index contributed by atoms with van der Waals surface area (Å²) in [6.07, 6.45) is 0. The van der Waals surface area contributed by atoms with Gasteiger partial charge in [0, 0.05) is 17.7 Å². The molecule has 12 heteroatoms. The summed E-state index contributed by atoms with van der Waals surface area (Å²) >= 11 is 0. The molecule has 2 aromatic rings. The zero-order valence-corrected chi connectivity index (χ0v) is 11.2. The summed E-state index contributed by atoms with van der Waals surface area (Å²) in [4.78, 5) is 19.3. The number of hydrazine groups is 1. The maximum atomic E-state index is 10.4. The molecule has 0 aliphatic heterocycles. The highest BCUT2D eigenvalue weighted by Gasteiger charge is 2.09. The van der Waals surface area contributed by atoms with Crippen molar-refractivity contribution in [1.82, 2.24) is 15.6 Å². The number of nitrogen functional groups attached to an aromatic ring is 1. The molecule has 0 aliphatic carbocycles. The van der Waals surface area contributed by atoms with Crippen molar-refractivity contribution in [2.24, 2.45) is 11.6 Å². The number of amides is 2. The topological polar surface area (TPSA) is 189 Å². The molecule has 0 aliphatic rings. The number of nitrogens with two attached hydrogens (primary N) is 3.